The van der Waals surface area contributed by atoms with Crippen molar-refractivity contribution < 1.29 is 9.59 Å². The Balaban J connectivity index is 1.59. The van der Waals surface area contributed by atoms with E-state index in [-0.39, 0.29) is 0 Å². The van der Waals surface area contributed by atoms with Crippen LogP contribution < -0.4 is 11.1 Å². The lowest BCUT2D eigenvalue weighted by molar-refractivity contribution is -0.134. The fourth-order valence-electron chi connectivity index (χ4n) is 3.78. The third-order valence-corrected chi connectivity index (χ3v) is 5.01. The highest BCUT2D eigenvalue weighted by atomic mass is 16.2. The number of amides is 3. The maximum absolute atomic E-state index is 12.2. The summed E-state index contributed by atoms with van der Waals surface area (Å²) >= 11 is 0. The number of fused-ring (bicyclic) bond motifs is 1. The predicted octanol–water partition coefficient (Wildman–Crippen LogP) is 2.25. The Labute approximate surface area is 127 Å². The van der Waals surface area contributed by atoms with Gasteiger partial charge in [0.1, 0.15) is 0 Å². The third-order valence-electron chi connectivity index (χ3n) is 5.01. The Hall–Kier alpha value is -1.26. The summed E-state index contributed by atoms with van der Waals surface area (Å²) < 4.78 is 0. The van der Waals surface area contributed by atoms with Crippen molar-refractivity contribution in [3.05, 3.63) is 0 Å². The minimum Gasteiger partial charge on any atom is -0.352 e. The van der Waals surface area contributed by atoms with Gasteiger partial charge in [0.05, 0.1) is 0 Å². The van der Waals surface area contributed by atoms with Crippen molar-refractivity contribution in [3.63, 3.8) is 0 Å². The molecule has 2 rings (SSSR count). The van der Waals surface area contributed by atoms with Gasteiger partial charge in [0.25, 0.3) is 0 Å². The Morgan fingerprint density at radius 3 is 2.57 bits per heavy atom. The van der Waals surface area contributed by atoms with Gasteiger partial charge < -0.3 is 16.0 Å². The SMILES string of the molecule is NC(=O)NCCCCCC(=O)N1CC[C@H]2CCCC[C@@H]2C1. The number of primary amides is 1. The van der Waals surface area contributed by atoms with Crippen LogP contribution in [0.4, 0.5) is 4.79 Å². The average Bonchev–Trinajstić information content (AvgIpc) is 2.49. The summed E-state index contributed by atoms with van der Waals surface area (Å²) in [5, 5.41) is 2.57. The highest BCUT2D eigenvalue weighted by Crippen LogP contribution is 2.36. The van der Waals surface area contributed by atoms with Crippen LogP contribution in [0, 0.1) is 11.8 Å². The van der Waals surface area contributed by atoms with Gasteiger partial charge in [0.15, 0.2) is 0 Å². The molecule has 0 aromatic heterocycles. The van der Waals surface area contributed by atoms with E-state index in [1.807, 2.05) is 0 Å². The van der Waals surface area contributed by atoms with Crippen LogP contribution in [0.5, 0.6) is 0 Å². The normalized spacial score (nSPS) is 25.2. The second-order valence-electron chi connectivity index (χ2n) is 6.53. The number of nitrogens with one attached hydrogen (secondary N) is 1. The lowest BCUT2D eigenvalue weighted by Crippen LogP contribution is -2.44. The summed E-state index contributed by atoms with van der Waals surface area (Å²) in [5.74, 6) is 1.96. The van der Waals surface area contributed by atoms with Gasteiger partial charge in [-0.15, -0.1) is 0 Å². The molecule has 1 saturated carbocycles. The number of unbranched alkanes of at least 4 members (excludes halogenated alkanes) is 2. The van der Waals surface area contributed by atoms with Crippen LogP contribution in [0.1, 0.15) is 57.8 Å². The molecule has 2 atom stereocenters. The number of carbonyl (C=O) groups is 2. The number of likely N-dealkylation sites (tertiary alicyclic amines) is 1. The summed E-state index contributed by atoms with van der Waals surface area (Å²) in [6.07, 6.45) is 10.0. The molecule has 0 spiro atoms. The number of hydrogen-bond acceptors (Lipinski definition) is 2. The third kappa shape index (κ3) is 5.21. The molecule has 3 N–H and O–H groups in total. The molecule has 5 nitrogen and oxygen atoms in total. The van der Waals surface area contributed by atoms with E-state index in [0.29, 0.717) is 18.9 Å². The lowest BCUT2D eigenvalue weighted by atomic mass is 9.75. The number of hydrogen-bond donors (Lipinski definition) is 2. The van der Waals surface area contributed by atoms with Crippen molar-refractivity contribution in [2.45, 2.75) is 57.8 Å². The van der Waals surface area contributed by atoms with Crippen molar-refractivity contribution in [2.24, 2.45) is 17.6 Å². The van der Waals surface area contributed by atoms with E-state index in [1.165, 1.54) is 32.1 Å². The first kappa shape index (κ1) is 16.1. The monoisotopic (exact) mass is 295 g/mol. The van der Waals surface area contributed by atoms with Crippen molar-refractivity contribution in [1.29, 1.82) is 0 Å². The molecule has 120 valence electrons. The zero-order valence-electron chi connectivity index (χ0n) is 13.0. The Kier molecular flexibility index (Phi) is 6.33. The number of nitrogens with zero attached hydrogens (tertiary/aromatic N) is 1. The van der Waals surface area contributed by atoms with E-state index in [0.717, 1.165) is 44.2 Å². The molecule has 0 aromatic rings. The quantitative estimate of drug-likeness (QED) is 0.737. The summed E-state index contributed by atoms with van der Waals surface area (Å²) in [6.45, 7) is 2.56. The van der Waals surface area contributed by atoms with Crippen LogP contribution >= 0.6 is 0 Å². The Bertz CT molecular complexity index is 359. The largest absolute Gasteiger partial charge is 0.352 e. The standard InChI is InChI=1S/C16H29N3O2/c17-16(21)18-10-5-1-2-8-15(20)19-11-9-13-6-3-4-7-14(13)12-19/h13-14H,1-12H2,(H3,17,18,21)/t13-,14-/m1/s1. The van der Waals surface area contributed by atoms with Gasteiger partial charge in [-0.05, 0) is 37.5 Å². The van der Waals surface area contributed by atoms with Crippen LogP contribution in [-0.2, 0) is 4.79 Å². The van der Waals surface area contributed by atoms with E-state index in [9.17, 15) is 9.59 Å². The Morgan fingerprint density at radius 2 is 1.81 bits per heavy atom. The van der Waals surface area contributed by atoms with E-state index >= 15 is 0 Å². The molecule has 0 radical (unpaired) electrons. The van der Waals surface area contributed by atoms with Gasteiger partial charge in [-0.1, -0.05) is 25.7 Å². The molecule has 21 heavy (non-hydrogen) atoms. The van der Waals surface area contributed by atoms with Gasteiger partial charge >= 0.3 is 6.03 Å². The van der Waals surface area contributed by atoms with Gasteiger partial charge in [-0.3, -0.25) is 4.79 Å². The number of rotatable bonds is 6. The molecule has 1 aliphatic heterocycles. The maximum atomic E-state index is 12.2. The zero-order valence-corrected chi connectivity index (χ0v) is 13.0. The minimum absolute atomic E-state index is 0.321. The molecule has 2 fully saturated rings. The van der Waals surface area contributed by atoms with E-state index in [2.05, 4.69) is 10.2 Å². The molecule has 5 heteroatoms. The molecule has 0 bridgehead atoms. The second kappa shape index (κ2) is 8.25. The first-order chi connectivity index (χ1) is 10.2. The van der Waals surface area contributed by atoms with Crippen LogP contribution in [0.15, 0.2) is 0 Å². The van der Waals surface area contributed by atoms with Crippen molar-refractivity contribution in [3.8, 4) is 0 Å². The van der Waals surface area contributed by atoms with Gasteiger partial charge in [0, 0.05) is 26.1 Å². The van der Waals surface area contributed by atoms with Gasteiger partial charge in [-0.25, -0.2) is 4.79 Å². The zero-order chi connectivity index (χ0) is 15.1. The van der Waals surface area contributed by atoms with Crippen LogP contribution in [-0.4, -0.2) is 36.5 Å². The number of piperidine rings is 1. The van der Waals surface area contributed by atoms with Crippen LogP contribution in [0.2, 0.25) is 0 Å². The molecule has 2 aliphatic rings. The van der Waals surface area contributed by atoms with Crippen molar-refractivity contribution in [1.82, 2.24) is 10.2 Å². The highest BCUT2D eigenvalue weighted by Gasteiger charge is 2.32. The molecule has 0 unspecified atom stereocenters. The van der Waals surface area contributed by atoms with Crippen LogP contribution in [0.3, 0.4) is 0 Å². The molecule has 0 aromatic carbocycles. The average molecular weight is 295 g/mol. The van der Waals surface area contributed by atoms with Crippen LogP contribution in [0.25, 0.3) is 0 Å². The molecular weight excluding hydrogens is 266 g/mol. The minimum atomic E-state index is -0.471. The fourth-order valence-corrected chi connectivity index (χ4v) is 3.78. The fraction of sp³-hybridized carbons (Fsp3) is 0.875. The maximum Gasteiger partial charge on any atom is 0.312 e. The summed E-state index contributed by atoms with van der Waals surface area (Å²) in [4.78, 5) is 24.9. The molecule has 1 saturated heterocycles. The Morgan fingerprint density at radius 1 is 1.05 bits per heavy atom. The van der Waals surface area contributed by atoms with Gasteiger partial charge in [0.2, 0.25) is 5.91 Å². The predicted molar refractivity (Wildman–Crippen MR) is 82.7 cm³/mol. The van der Waals surface area contributed by atoms with E-state index in [1.54, 1.807) is 0 Å². The molecular formula is C16H29N3O2. The summed E-state index contributed by atoms with van der Waals surface area (Å²) in [5.41, 5.74) is 5.00. The summed E-state index contributed by atoms with van der Waals surface area (Å²) in [6, 6.07) is -0.471. The van der Waals surface area contributed by atoms with E-state index < -0.39 is 6.03 Å². The van der Waals surface area contributed by atoms with Crippen molar-refractivity contribution >= 4 is 11.9 Å². The lowest BCUT2D eigenvalue weighted by Gasteiger charge is -2.41. The topological polar surface area (TPSA) is 75.4 Å². The number of carbonyl (C=O) groups excluding carboxylic acids is 2. The smallest absolute Gasteiger partial charge is 0.312 e. The number of urea groups is 1. The first-order valence-corrected chi connectivity index (χ1v) is 8.48. The highest BCUT2D eigenvalue weighted by molar-refractivity contribution is 5.76. The molecule has 3 amide bonds. The molecule has 1 aliphatic carbocycles. The second-order valence-corrected chi connectivity index (χ2v) is 6.53. The first-order valence-electron chi connectivity index (χ1n) is 8.48. The van der Waals surface area contributed by atoms with Crippen molar-refractivity contribution in [2.75, 3.05) is 19.6 Å². The summed E-state index contributed by atoms with van der Waals surface area (Å²) in [7, 11) is 0. The van der Waals surface area contributed by atoms with Gasteiger partial charge in [-0.2, -0.15) is 0 Å². The molecule has 1 heterocycles. The van der Waals surface area contributed by atoms with E-state index in [4.69, 9.17) is 5.73 Å². The number of nitrogens with two attached hydrogens (primary N) is 1.